The van der Waals surface area contributed by atoms with Crippen molar-refractivity contribution in [3.63, 3.8) is 0 Å². The van der Waals surface area contributed by atoms with Crippen molar-refractivity contribution in [1.29, 1.82) is 0 Å². The Balaban J connectivity index is 0.000000110. The van der Waals surface area contributed by atoms with Gasteiger partial charge in [0.05, 0.1) is 0 Å². The average molecular weight is 1500 g/mol. The number of aryl methyl sites for hydroxylation is 12. The van der Waals surface area contributed by atoms with Gasteiger partial charge in [0.1, 0.15) is 28.2 Å². The van der Waals surface area contributed by atoms with Gasteiger partial charge in [0, 0.05) is 70.8 Å². The number of rotatable bonds is 8. The Morgan fingerprint density at radius 1 is 0.202 bits per heavy atom. The lowest BCUT2D eigenvalue weighted by atomic mass is 9.64. The van der Waals surface area contributed by atoms with Crippen LogP contribution in [0, 0.1) is 49.4 Å². The Kier molecular flexibility index (Phi) is 22.5. The maximum absolute atomic E-state index is 2.50. The predicted octanol–water partition coefficient (Wildman–Crippen LogP) is 25.6. The van der Waals surface area contributed by atoms with Gasteiger partial charge in [-0.15, -0.1) is 0 Å². The molecule has 0 atom stereocenters. The van der Waals surface area contributed by atoms with Gasteiger partial charge in [-0.2, -0.15) is 0 Å². The van der Waals surface area contributed by atoms with Crippen LogP contribution in [0.2, 0.25) is 0 Å². The van der Waals surface area contributed by atoms with E-state index in [0.717, 1.165) is 0 Å². The second kappa shape index (κ2) is 33.3. The first-order valence-electron chi connectivity index (χ1n) is 44.3. The second-order valence-corrected chi connectivity index (χ2v) is 37.1. The van der Waals surface area contributed by atoms with E-state index in [1.165, 1.54) is 304 Å². The molecule has 4 spiro atoms. The molecule has 4 nitrogen and oxygen atoms in total. The normalized spacial score (nSPS) is 17.8. The lowest BCUT2D eigenvalue weighted by Crippen LogP contribution is -2.31. The molecule has 0 radical (unpaired) electrons. The molecule has 0 saturated heterocycles. The Labute approximate surface area is 683 Å². The van der Waals surface area contributed by atoms with Crippen LogP contribution in [0.15, 0.2) is 243 Å². The van der Waals surface area contributed by atoms with Crippen molar-refractivity contribution in [2.24, 2.45) is 49.9 Å². The summed E-state index contributed by atoms with van der Waals surface area (Å²) in [6, 6.07) is 82.1. The third kappa shape index (κ3) is 16.5. The van der Waals surface area contributed by atoms with E-state index < -0.39 is 0 Å². The summed E-state index contributed by atoms with van der Waals surface area (Å²) in [5.41, 5.74) is 41.6. The van der Waals surface area contributed by atoms with Crippen molar-refractivity contribution in [3.8, 4) is 89.5 Å². The molecule has 4 heterocycles. The van der Waals surface area contributed by atoms with Crippen molar-refractivity contribution >= 4 is 0 Å². The van der Waals surface area contributed by atoms with Gasteiger partial charge in [-0.3, -0.25) is 0 Å². The maximum atomic E-state index is 2.50. The minimum atomic E-state index is 0.597. The number of aromatic nitrogens is 4. The summed E-state index contributed by atoms with van der Waals surface area (Å²) in [6.45, 7) is 8.79. The molecule has 580 valence electrons. The van der Waals surface area contributed by atoms with E-state index in [-0.39, 0.29) is 0 Å². The molecule has 0 amide bonds. The number of fused-ring (bicyclic) bond motifs is 4. The van der Waals surface area contributed by atoms with E-state index in [4.69, 9.17) is 0 Å². The lowest BCUT2D eigenvalue weighted by Gasteiger charge is -2.41. The highest BCUT2D eigenvalue weighted by Gasteiger charge is 2.40. The van der Waals surface area contributed by atoms with Crippen LogP contribution in [0.1, 0.15) is 208 Å². The highest BCUT2D eigenvalue weighted by atomic mass is 14.9. The Hall–Kier alpha value is -9.64. The third-order valence-electron chi connectivity index (χ3n) is 29.6. The van der Waals surface area contributed by atoms with Gasteiger partial charge >= 0.3 is 0 Å². The molecule has 12 aromatic rings. The molecule has 4 heteroatoms. The van der Waals surface area contributed by atoms with E-state index in [9.17, 15) is 0 Å². The summed E-state index contributed by atoms with van der Waals surface area (Å²) >= 11 is 0. The topological polar surface area (TPSA) is 15.5 Å². The Morgan fingerprint density at radius 3 is 0.693 bits per heavy atom. The molecule has 8 aromatic carbocycles. The highest BCUT2D eigenvalue weighted by molar-refractivity contribution is 5.75. The monoisotopic (exact) mass is 1500 g/mol. The summed E-state index contributed by atoms with van der Waals surface area (Å²) < 4.78 is 8.93. The fourth-order valence-electron chi connectivity index (χ4n) is 22.5. The van der Waals surface area contributed by atoms with E-state index in [2.05, 4.69) is 317 Å². The molecular formula is C110H124N4+4. The molecule has 0 aliphatic heterocycles. The fourth-order valence-corrected chi connectivity index (χ4v) is 22.5. The van der Waals surface area contributed by atoms with Gasteiger partial charge < -0.3 is 0 Å². The molecule has 114 heavy (non-hydrogen) atoms. The standard InChI is InChI=1S/2C28H32N.2C27H30N/c1-21-8-4-5-9-26(21)27-19-24(13-17-29(27)2)22-10-11-25-20-28(14-6-3-7-15-28)16-12-23(25)18-22;1-21-8-4-5-9-26(21)27-19-24(13-17-29(27)2)23-11-10-22-12-16-28(20-25(22)18-23)14-6-3-7-15-28;1-20-7-3-4-8-25(20)26-18-23(12-16-28(26)2)21-9-10-24-19-27(13-5-6-14-27)15-11-22(24)17-21;1-20-7-3-4-8-25(20)26-18-23(12-16-28(26)2)22-10-9-21-11-15-27(13-5-6-14-27)19-24(21)17-22/h2*4-5,8-11,13,17-19H,3,6-7,12,14-16,20H2,1-2H3;2*3-4,7-10,12,16-18H,5-6,11,13-15,19H2,1-2H3/q4*+1. The van der Waals surface area contributed by atoms with Crippen LogP contribution in [-0.2, 0) is 79.6 Å². The van der Waals surface area contributed by atoms with Gasteiger partial charge in [-0.05, 0) is 313 Å². The Morgan fingerprint density at radius 2 is 0.421 bits per heavy atom. The molecule has 8 aliphatic carbocycles. The van der Waals surface area contributed by atoms with Crippen LogP contribution < -0.4 is 18.3 Å². The van der Waals surface area contributed by atoms with Crippen LogP contribution in [0.4, 0.5) is 0 Å². The summed E-state index contributed by atoms with van der Waals surface area (Å²) in [4.78, 5) is 0. The van der Waals surface area contributed by atoms with Crippen molar-refractivity contribution in [2.75, 3.05) is 0 Å². The Bertz CT molecular complexity index is 5480. The first-order chi connectivity index (χ1) is 55.5. The van der Waals surface area contributed by atoms with Crippen LogP contribution in [-0.4, -0.2) is 0 Å². The summed E-state index contributed by atoms with van der Waals surface area (Å²) in [5, 5.41) is 0. The van der Waals surface area contributed by atoms with Crippen molar-refractivity contribution in [2.45, 2.75) is 220 Å². The number of benzene rings is 8. The largest absolute Gasteiger partial charge is 0.213 e. The zero-order valence-electron chi connectivity index (χ0n) is 70.1. The van der Waals surface area contributed by atoms with Gasteiger partial charge in [-0.25, -0.2) is 18.3 Å². The third-order valence-corrected chi connectivity index (χ3v) is 29.6. The number of pyridine rings is 4. The predicted molar refractivity (Wildman–Crippen MR) is 474 cm³/mol. The quantitative estimate of drug-likeness (QED) is 0.135. The molecule has 4 aromatic heterocycles. The molecule has 20 rings (SSSR count). The van der Waals surface area contributed by atoms with Gasteiger partial charge in [0.15, 0.2) is 24.8 Å². The zero-order chi connectivity index (χ0) is 78.0. The minimum absolute atomic E-state index is 0.597. The highest BCUT2D eigenvalue weighted by Crippen LogP contribution is 2.52. The molecule has 0 bridgehead atoms. The smallest absolute Gasteiger partial charge is 0.201 e. The maximum Gasteiger partial charge on any atom is 0.213 e. The van der Waals surface area contributed by atoms with Crippen molar-refractivity contribution in [3.05, 3.63) is 310 Å². The molecule has 0 unspecified atom stereocenters. The lowest BCUT2D eigenvalue weighted by molar-refractivity contribution is -0.660. The van der Waals surface area contributed by atoms with E-state index >= 15 is 0 Å². The van der Waals surface area contributed by atoms with Crippen molar-refractivity contribution < 1.29 is 18.3 Å². The molecular weight excluding hydrogens is 1380 g/mol. The number of hydrogen-bond donors (Lipinski definition) is 0. The first-order valence-corrected chi connectivity index (χ1v) is 44.3. The van der Waals surface area contributed by atoms with Gasteiger partial charge in [0.25, 0.3) is 0 Å². The fraction of sp³-hybridized carbons (Fsp3) is 0.382. The van der Waals surface area contributed by atoms with Crippen LogP contribution in [0.3, 0.4) is 0 Å². The molecule has 8 aliphatic rings. The van der Waals surface area contributed by atoms with Crippen LogP contribution in [0.25, 0.3) is 89.5 Å². The SMILES string of the molecule is Cc1ccccc1-c1cc(-c2ccc3c(c2)CC2(CCCC2)CC3)cc[n+]1C.Cc1ccccc1-c1cc(-c2ccc3c(c2)CC2(CCCCC2)CC3)cc[n+]1C.Cc1ccccc1-c1cc(-c2ccc3c(c2)CCC2(CCCC2)C3)cc[n+]1C.Cc1ccccc1-c1cc(-c2ccc3c(c2)CCC2(CCCCC2)C3)cc[n+]1C. The molecule has 4 saturated carbocycles. The average Bonchev–Trinajstić information content (AvgIpc) is 1.52. The van der Waals surface area contributed by atoms with Crippen LogP contribution in [0.5, 0.6) is 0 Å². The van der Waals surface area contributed by atoms with E-state index in [1.807, 2.05) is 0 Å². The van der Waals surface area contributed by atoms with Crippen LogP contribution >= 0.6 is 0 Å². The summed E-state index contributed by atoms with van der Waals surface area (Å²) in [7, 11) is 8.56. The molecule has 4 fully saturated rings. The molecule has 0 N–H and O–H groups in total. The van der Waals surface area contributed by atoms with Gasteiger partial charge in [0.2, 0.25) is 22.8 Å². The second-order valence-electron chi connectivity index (χ2n) is 37.1. The first kappa shape index (κ1) is 77.0. The summed E-state index contributed by atoms with van der Waals surface area (Å²) in [5.74, 6) is 0. The zero-order valence-corrected chi connectivity index (χ0v) is 70.1. The minimum Gasteiger partial charge on any atom is -0.201 e. The number of nitrogens with zero attached hydrogens (tertiary/aromatic N) is 4. The van der Waals surface area contributed by atoms with E-state index in [1.54, 1.807) is 44.5 Å². The van der Waals surface area contributed by atoms with E-state index in [0.29, 0.717) is 21.7 Å². The summed E-state index contributed by atoms with van der Waals surface area (Å²) in [6.07, 6.45) is 50.6. The van der Waals surface area contributed by atoms with Gasteiger partial charge in [-0.1, -0.05) is 210 Å². The number of hydrogen-bond acceptors (Lipinski definition) is 0. The van der Waals surface area contributed by atoms with Crippen molar-refractivity contribution in [1.82, 2.24) is 0 Å².